The van der Waals surface area contributed by atoms with E-state index >= 15 is 0 Å². The average Bonchev–Trinajstić information content (AvgIpc) is 2.96. The van der Waals surface area contributed by atoms with Crippen LogP contribution in [0.3, 0.4) is 0 Å². The predicted molar refractivity (Wildman–Crippen MR) is 99.8 cm³/mol. The summed E-state index contributed by atoms with van der Waals surface area (Å²) in [6, 6.07) is 10.2. The summed E-state index contributed by atoms with van der Waals surface area (Å²) in [5.41, 5.74) is 0.666. The summed E-state index contributed by atoms with van der Waals surface area (Å²) in [5.74, 6) is -0.293. The van der Waals surface area contributed by atoms with Crippen LogP contribution in [0.5, 0.6) is 0 Å². The van der Waals surface area contributed by atoms with Crippen molar-refractivity contribution in [1.29, 1.82) is 0 Å². The first-order chi connectivity index (χ1) is 13.0. The van der Waals surface area contributed by atoms with Gasteiger partial charge in [-0.3, -0.25) is 4.79 Å². The summed E-state index contributed by atoms with van der Waals surface area (Å²) < 4.78 is 0. The lowest BCUT2D eigenvalue weighted by molar-refractivity contribution is 0.0684. The van der Waals surface area contributed by atoms with Crippen molar-refractivity contribution < 1.29 is 14.7 Å². The Kier molecular flexibility index (Phi) is 4.51. The third-order valence-corrected chi connectivity index (χ3v) is 5.72. The number of carbonyl (C=O) groups excluding carboxylic acids is 1. The molecule has 140 valence electrons. The molecule has 2 fully saturated rings. The largest absolute Gasteiger partial charge is 0.476 e. The Morgan fingerprint density at radius 1 is 1.07 bits per heavy atom. The van der Waals surface area contributed by atoms with E-state index in [1.807, 2.05) is 42.3 Å². The molecule has 0 spiro atoms. The normalized spacial score (nSPS) is 23.9. The number of hydrogen-bond acceptors (Lipinski definition) is 5. The molecule has 0 radical (unpaired) electrons. The van der Waals surface area contributed by atoms with Gasteiger partial charge in [-0.05, 0) is 37.8 Å². The highest BCUT2D eigenvalue weighted by Crippen LogP contribution is 2.39. The maximum atomic E-state index is 12.8. The van der Waals surface area contributed by atoms with E-state index in [0.29, 0.717) is 17.6 Å². The molecule has 2 aliphatic rings. The zero-order chi connectivity index (χ0) is 19.0. The van der Waals surface area contributed by atoms with E-state index in [2.05, 4.69) is 14.9 Å². The molecule has 1 amide bonds. The van der Waals surface area contributed by atoms with Gasteiger partial charge in [-0.1, -0.05) is 18.2 Å². The monoisotopic (exact) mass is 366 g/mol. The van der Waals surface area contributed by atoms with Gasteiger partial charge in [-0.25, -0.2) is 14.8 Å². The fourth-order valence-electron chi connectivity index (χ4n) is 4.35. The van der Waals surface area contributed by atoms with E-state index in [-0.39, 0.29) is 17.6 Å². The Hall–Kier alpha value is -2.96. The first-order valence-electron chi connectivity index (χ1n) is 9.20. The lowest BCUT2D eigenvalue weighted by Gasteiger charge is -2.42. The molecule has 4 rings (SSSR count). The summed E-state index contributed by atoms with van der Waals surface area (Å²) >= 11 is 0. The third-order valence-electron chi connectivity index (χ3n) is 5.72. The molecule has 2 aliphatic heterocycles. The Morgan fingerprint density at radius 2 is 1.74 bits per heavy atom. The van der Waals surface area contributed by atoms with Gasteiger partial charge in [0.1, 0.15) is 5.82 Å². The Balaban J connectivity index is 1.48. The molecule has 27 heavy (non-hydrogen) atoms. The van der Waals surface area contributed by atoms with E-state index in [4.69, 9.17) is 5.11 Å². The topological polar surface area (TPSA) is 86.6 Å². The highest BCUT2D eigenvalue weighted by Gasteiger charge is 2.43. The van der Waals surface area contributed by atoms with E-state index in [1.165, 1.54) is 6.20 Å². The number of nitrogens with zero attached hydrogens (tertiary/aromatic N) is 4. The Morgan fingerprint density at radius 3 is 2.30 bits per heavy atom. The SMILES string of the molecule is CN(C(=O)c1ccccc1)C1CC2CCC(C1)N2c1cnc(C(=O)O)cn1. The van der Waals surface area contributed by atoms with Crippen molar-refractivity contribution in [1.82, 2.24) is 14.9 Å². The van der Waals surface area contributed by atoms with Gasteiger partial charge in [0.05, 0.1) is 12.4 Å². The minimum absolute atomic E-state index is 0.0471. The fourth-order valence-corrected chi connectivity index (χ4v) is 4.35. The molecule has 2 saturated heterocycles. The summed E-state index contributed by atoms with van der Waals surface area (Å²) in [4.78, 5) is 36.2. The summed E-state index contributed by atoms with van der Waals surface area (Å²) in [6.45, 7) is 0. The molecule has 0 aliphatic carbocycles. The standard InChI is InChI=1S/C20H22N4O3/c1-23(19(25)13-5-3-2-4-6-13)16-9-14-7-8-15(10-16)24(14)18-12-21-17(11-22-18)20(26)27/h2-6,11-12,14-16H,7-10H2,1H3,(H,26,27). The molecule has 2 aromatic rings. The number of carboxylic acid groups (broad SMARTS) is 1. The van der Waals surface area contributed by atoms with Gasteiger partial charge < -0.3 is 14.9 Å². The van der Waals surface area contributed by atoms with Crippen molar-refractivity contribution in [3.63, 3.8) is 0 Å². The highest BCUT2D eigenvalue weighted by molar-refractivity contribution is 5.94. The minimum atomic E-state index is -1.07. The maximum Gasteiger partial charge on any atom is 0.356 e. The van der Waals surface area contributed by atoms with Gasteiger partial charge in [-0.2, -0.15) is 0 Å². The van der Waals surface area contributed by atoms with Crippen LogP contribution in [0.1, 0.15) is 46.5 Å². The van der Waals surface area contributed by atoms with E-state index < -0.39 is 5.97 Å². The number of anilines is 1. The summed E-state index contributed by atoms with van der Waals surface area (Å²) in [7, 11) is 1.89. The summed E-state index contributed by atoms with van der Waals surface area (Å²) in [5, 5.41) is 8.99. The van der Waals surface area contributed by atoms with Crippen LogP contribution in [0.15, 0.2) is 42.7 Å². The van der Waals surface area contributed by atoms with Gasteiger partial charge in [0.15, 0.2) is 5.69 Å². The van der Waals surface area contributed by atoms with Crippen LogP contribution < -0.4 is 4.90 Å². The van der Waals surface area contributed by atoms with E-state index in [1.54, 1.807) is 6.20 Å². The number of benzene rings is 1. The predicted octanol–water partition coefficient (Wildman–Crippen LogP) is 2.45. The van der Waals surface area contributed by atoms with Crippen LogP contribution >= 0.6 is 0 Å². The number of carboxylic acids is 1. The number of piperidine rings is 1. The fraction of sp³-hybridized carbons (Fsp3) is 0.400. The molecule has 2 bridgehead atoms. The van der Waals surface area contributed by atoms with Crippen molar-refractivity contribution in [2.75, 3.05) is 11.9 Å². The smallest absolute Gasteiger partial charge is 0.356 e. The molecule has 2 unspecified atom stereocenters. The van der Waals surface area contributed by atoms with Crippen LogP contribution in [-0.2, 0) is 0 Å². The van der Waals surface area contributed by atoms with Crippen LogP contribution in [0.2, 0.25) is 0 Å². The molecule has 3 heterocycles. The average molecular weight is 366 g/mol. The first-order valence-corrected chi connectivity index (χ1v) is 9.20. The van der Waals surface area contributed by atoms with Gasteiger partial charge in [0.2, 0.25) is 0 Å². The molecular formula is C20H22N4O3. The number of rotatable bonds is 4. The second-order valence-corrected chi connectivity index (χ2v) is 7.26. The number of hydrogen-bond donors (Lipinski definition) is 1. The van der Waals surface area contributed by atoms with Gasteiger partial charge >= 0.3 is 5.97 Å². The molecule has 2 atom stereocenters. The van der Waals surface area contributed by atoms with Gasteiger partial charge in [-0.15, -0.1) is 0 Å². The van der Waals surface area contributed by atoms with Crippen LogP contribution in [0.4, 0.5) is 5.82 Å². The molecule has 1 aromatic heterocycles. The quantitative estimate of drug-likeness (QED) is 0.894. The number of aromatic carboxylic acids is 1. The van der Waals surface area contributed by atoms with Crippen LogP contribution in [0, 0.1) is 0 Å². The number of fused-ring (bicyclic) bond motifs is 2. The summed E-state index contributed by atoms with van der Waals surface area (Å²) in [6.07, 6.45) is 6.73. The highest BCUT2D eigenvalue weighted by atomic mass is 16.4. The van der Waals surface area contributed by atoms with Gasteiger partial charge in [0, 0.05) is 30.7 Å². The maximum absolute atomic E-state index is 12.8. The van der Waals surface area contributed by atoms with Crippen molar-refractivity contribution in [3.8, 4) is 0 Å². The van der Waals surface area contributed by atoms with Crippen LogP contribution in [0.25, 0.3) is 0 Å². The molecular weight excluding hydrogens is 344 g/mol. The lowest BCUT2D eigenvalue weighted by atomic mass is 9.95. The van der Waals surface area contributed by atoms with Crippen molar-refractivity contribution in [3.05, 3.63) is 54.0 Å². The van der Waals surface area contributed by atoms with Crippen molar-refractivity contribution in [2.24, 2.45) is 0 Å². The Bertz CT molecular complexity index is 826. The number of amides is 1. The lowest BCUT2D eigenvalue weighted by Crippen LogP contribution is -2.51. The zero-order valence-electron chi connectivity index (χ0n) is 15.2. The minimum Gasteiger partial charge on any atom is -0.476 e. The van der Waals surface area contributed by atoms with Gasteiger partial charge in [0.25, 0.3) is 5.91 Å². The Labute approximate surface area is 157 Å². The molecule has 7 heteroatoms. The molecule has 1 N–H and O–H groups in total. The number of carbonyl (C=O) groups is 2. The van der Waals surface area contributed by atoms with Crippen LogP contribution in [-0.4, -0.2) is 57.0 Å². The van der Waals surface area contributed by atoms with E-state index in [0.717, 1.165) is 31.5 Å². The zero-order valence-corrected chi connectivity index (χ0v) is 15.2. The van der Waals surface area contributed by atoms with Crippen molar-refractivity contribution in [2.45, 2.75) is 43.8 Å². The van der Waals surface area contributed by atoms with E-state index in [9.17, 15) is 9.59 Å². The third kappa shape index (κ3) is 3.25. The molecule has 0 saturated carbocycles. The first kappa shape index (κ1) is 17.5. The second-order valence-electron chi connectivity index (χ2n) is 7.26. The van der Waals surface area contributed by atoms with Crippen molar-refractivity contribution >= 4 is 17.7 Å². The second kappa shape index (κ2) is 6.98. The molecule has 1 aromatic carbocycles. The number of aromatic nitrogens is 2. The molecule has 7 nitrogen and oxygen atoms in total.